The van der Waals surface area contributed by atoms with Crippen LogP contribution in [0.5, 0.6) is 0 Å². The Morgan fingerprint density at radius 2 is 1.31 bits per heavy atom. The molecule has 2 amide bonds. The molecule has 3 aromatic carbocycles. The molecule has 3 aromatic rings. The van der Waals surface area contributed by atoms with Gasteiger partial charge >= 0.3 is 0 Å². The van der Waals surface area contributed by atoms with E-state index in [0.717, 1.165) is 4.47 Å². The summed E-state index contributed by atoms with van der Waals surface area (Å²) in [5, 5.41) is 0. The summed E-state index contributed by atoms with van der Waals surface area (Å²) in [5.41, 5.74) is 5.40. The Hall–Kier alpha value is -3.17. The Morgan fingerprint density at radius 3 is 1.97 bits per heavy atom. The molecule has 9 heteroatoms. The van der Waals surface area contributed by atoms with Crippen molar-refractivity contribution in [2.75, 3.05) is 4.72 Å². The first-order valence-corrected chi connectivity index (χ1v) is 10.7. The zero-order valence-corrected chi connectivity index (χ0v) is 17.3. The summed E-state index contributed by atoms with van der Waals surface area (Å²) >= 11 is 3.25. The fourth-order valence-corrected chi connectivity index (χ4v) is 3.71. The van der Waals surface area contributed by atoms with E-state index in [4.69, 9.17) is 0 Å². The quantitative estimate of drug-likeness (QED) is 0.494. The lowest BCUT2D eigenvalue weighted by Crippen LogP contribution is -2.41. The number of hydrogen-bond donors (Lipinski definition) is 3. The first-order valence-electron chi connectivity index (χ1n) is 8.39. The topological polar surface area (TPSA) is 104 Å². The number of nitrogens with one attached hydrogen (secondary N) is 3. The molecule has 0 saturated carbocycles. The van der Waals surface area contributed by atoms with E-state index in [1.54, 1.807) is 42.5 Å². The minimum atomic E-state index is -3.81. The number of carbonyl (C=O) groups is 2. The van der Waals surface area contributed by atoms with E-state index >= 15 is 0 Å². The Kier molecular flexibility index (Phi) is 6.30. The summed E-state index contributed by atoms with van der Waals surface area (Å²) in [6.45, 7) is 0. The van der Waals surface area contributed by atoms with Gasteiger partial charge in [-0.15, -0.1) is 0 Å². The molecule has 0 radical (unpaired) electrons. The van der Waals surface area contributed by atoms with E-state index in [9.17, 15) is 18.0 Å². The van der Waals surface area contributed by atoms with Crippen molar-refractivity contribution in [3.05, 3.63) is 94.5 Å². The van der Waals surface area contributed by atoms with Gasteiger partial charge in [-0.3, -0.25) is 25.2 Å². The largest absolute Gasteiger partial charge is 0.280 e. The van der Waals surface area contributed by atoms with Gasteiger partial charge in [0.25, 0.3) is 21.8 Å². The molecule has 0 bridgehead atoms. The lowest BCUT2D eigenvalue weighted by molar-refractivity contribution is 0.0846. The van der Waals surface area contributed by atoms with Crippen LogP contribution in [0.4, 0.5) is 5.69 Å². The third-order valence-electron chi connectivity index (χ3n) is 3.83. The average Bonchev–Trinajstić information content (AvgIpc) is 2.72. The molecule has 0 aliphatic carbocycles. The maximum absolute atomic E-state index is 12.5. The van der Waals surface area contributed by atoms with Gasteiger partial charge in [-0.2, -0.15) is 0 Å². The van der Waals surface area contributed by atoms with Crippen LogP contribution in [0.3, 0.4) is 0 Å². The highest BCUT2D eigenvalue weighted by Crippen LogP contribution is 2.19. The second-order valence-electron chi connectivity index (χ2n) is 5.91. The van der Waals surface area contributed by atoms with Crippen molar-refractivity contribution in [1.29, 1.82) is 0 Å². The Bertz CT molecular complexity index is 1130. The zero-order chi connectivity index (χ0) is 20.9. The minimum Gasteiger partial charge on any atom is -0.280 e. The van der Waals surface area contributed by atoms with Crippen molar-refractivity contribution in [1.82, 2.24) is 10.9 Å². The molecular weight excluding hydrogens is 458 g/mol. The minimum absolute atomic E-state index is 0.0886. The second kappa shape index (κ2) is 8.89. The summed E-state index contributed by atoms with van der Waals surface area (Å²) in [6, 6.07) is 20.5. The van der Waals surface area contributed by atoms with Gasteiger partial charge in [-0.1, -0.05) is 40.2 Å². The van der Waals surface area contributed by atoms with E-state index in [1.165, 1.54) is 36.4 Å². The van der Waals surface area contributed by atoms with Crippen LogP contribution in [0.2, 0.25) is 0 Å². The van der Waals surface area contributed by atoms with Crippen molar-refractivity contribution >= 4 is 43.5 Å². The number of hydrazine groups is 1. The van der Waals surface area contributed by atoms with Crippen LogP contribution in [-0.4, -0.2) is 20.2 Å². The average molecular weight is 474 g/mol. The summed E-state index contributed by atoms with van der Waals surface area (Å²) in [5.74, 6) is -1.05. The molecule has 0 saturated heterocycles. The molecule has 0 unspecified atom stereocenters. The number of halogens is 1. The SMILES string of the molecule is O=C(NNC(=O)c1cccc(NS(=O)(=O)c2ccc(Br)cc2)c1)c1ccccc1. The van der Waals surface area contributed by atoms with E-state index in [-0.39, 0.29) is 16.1 Å². The molecule has 0 atom stereocenters. The molecule has 0 aromatic heterocycles. The Labute approximate surface area is 176 Å². The van der Waals surface area contributed by atoms with Crippen LogP contribution >= 0.6 is 15.9 Å². The van der Waals surface area contributed by atoms with Gasteiger partial charge in [-0.05, 0) is 54.6 Å². The fourth-order valence-electron chi connectivity index (χ4n) is 2.40. The zero-order valence-electron chi connectivity index (χ0n) is 14.9. The number of rotatable bonds is 5. The van der Waals surface area contributed by atoms with E-state index in [0.29, 0.717) is 5.56 Å². The van der Waals surface area contributed by atoms with Crippen molar-refractivity contribution in [2.24, 2.45) is 0 Å². The van der Waals surface area contributed by atoms with Crippen LogP contribution in [-0.2, 0) is 10.0 Å². The summed E-state index contributed by atoms with van der Waals surface area (Å²) < 4.78 is 28.2. The molecule has 7 nitrogen and oxygen atoms in total. The highest BCUT2D eigenvalue weighted by molar-refractivity contribution is 9.10. The smallest absolute Gasteiger partial charge is 0.269 e. The third kappa shape index (κ3) is 5.43. The van der Waals surface area contributed by atoms with Gasteiger partial charge in [0.15, 0.2) is 0 Å². The molecule has 148 valence electrons. The van der Waals surface area contributed by atoms with Crippen molar-refractivity contribution in [2.45, 2.75) is 4.90 Å². The van der Waals surface area contributed by atoms with Crippen molar-refractivity contribution in [3.63, 3.8) is 0 Å². The molecule has 29 heavy (non-hydrogen) atoms. The number of sulfonamides is 1. The maximum atomic E-state index is 12.5. The Balaban J connectivity index is 1.68. The summed E-state index contributed by atoms with van der Waals surface area (Å²) in [6.07, 6.45) is 0. The third-order valence-corrected chi connectivity index (χ3v) is 5.75. The highest BCUT2D eigenvalue weighted by Gasteiger charge is 2.15. The summed E-state index contributed by atoms with van der Waals surface area (Å²) in [4.78, 5) is 24.4. The van der Waals surface area contributed by atoms with E-state index in [2.05, 4.69) is 31.5 Å². The number of anilines is 1. The molecule has 0 aliphatic heterocycles. The van der Waals surface area contributed by atoms with Gasteiger partial charge in [0.2, 0.25) is 0 Å². The Morgan fingerprint density at radius 1 is 0.724 bits per heavy atom. The lowest BCUT2D eigenvalue weighted by Gasteiger charge is -2.11. The number of carbonyl (C=O) groups excluding carboxylic acids is 2. The first-order chi connectivity index (χ1) is 13.8. The molecule has 0 spiro atoms. The van der Waals surface area contributed by atoms with Gasteiger partial charge in [0.1, 0.15) is 0 Å². The van der Waals surface area contributed by atoms with Crippen LogP contribution in [0.15, 0.2) is 88.2 Å². The van der Waals surface area contributed by atoms with Crippen molar-refractivity contribution < 1.29 is 18.0 Å². The number of amides is 2. The normalized spacial score (nSPS) is 10.8. The predicted molar refractivity (Wildman–Crippen MR) is 113 cm³/mol. The van der Waals surface area contributed by atoms with Gasteiger partial charge in [0.05, 0.1) is 4.90 Å². The van der Waals surface area contributed by atoms with E-state index < -0.39 is 21.8 Å². The molecular formula is C20H16BrN3O4S. The summed E-state index contributed by atoms with van der Waals surface area (Å²) in [7, 11) is -3.81. The van der Waals surface area contributed by atoms with Crippen LogP contribution < -0.4 is 15.6 Å². The molecule has 0 fully saturated rings. The van der Waals surface area contributed by atoms with E-state index in [1.807, 2.05) is 0 Å². The fraction of sp³-hybridized carbons (Fsp3) is 0. The standard InChI is InChI=1S/C20H16BrN3O4S/c21-16-9-11-18(12-10-16)29(27,28)24-17-8-4-7-15(13-17)20(26)23-22-19(25)14-5-2-1-3-6-14/h1-13,24H,(H,22,25)(H,23,26). The molecule has 3 N–H and O–H groups in total. The predicted octanol–water partition coefficient (Wildman–Crippen LogP) is 3.32. The van der Waals surface area contributed by atoms with Crippen molar-refractivity contribution in [3.8, 4) is 0 Å². The molecule has 0 aliphatic rings. The van der Waals surface area contributed by atoms with Gasteiger partial charge < -0.3 is 0 Å². The molecule has 0 heterocycles. The lowest BCUT2D eigenvalue weighted by atomic mass is 10.2. The first kappa shape index (κ1) is 20.6. The number of hydrogen-bond acceptors (Lipinski definition) is 4. The number of benzene rings is 3. The van der Waals surface area contributed by atoms with Crippen LogP contribution in [0.1, 0.15) is 20.7 Å². The van der Waals surface area contributed by atoms with Crippen LogP contribution in [0.25, 0.3) is 0 Å². The second-order valence-corrected chi connectivity index (χ2v) is 8.51. The highest BCUT2D eigenvalue weighted by atomic mass is 79.9. The maximum Gasteiger partial charge on any atom is 0.269 e. The van der Waals surface area contributed by atoms with Crippen LogP contribution in [0, 0.1) is 0 Å². The molecule has 3 rings (SSSR count). The monoisotopic (exact) mass is 473 g/mol. The van der Waals surface area contributed by atoms with Gasteiger partial charge in [-0.25, -0.2) is 8.42 Å². The van der Waals surface area contributed by atoms with Gasteiger partial charge in [0, 0.05) is 21.3 Å².